The van der Waals surface area contributed by atoms with Crippen molar-refractivity contribution in [2.24, 2.45) is 0 Å². The van der Waals surface area contributed by atoms with Crippen molar-refractivity contribution in [3.8, 4) is 0 Å². The van der Waals surface area contributed by atoms with Crippen LogP contribution < -0.4 is 0 Å². The van der Waals surface area contributed by atoms with Crippen LogP contribution >= 0.6 is 11.6 Å². The third-order valence-corrected chi connectivity index (χ3v) is 2.02. The average Bonchev–Trinajstić information content (AvgIpc) is 2.16. The van der Waals surface area contributed by atoms with Gasteiger partial charge in [-0.2, -0.15) is 0 Å². The van der Waals surface area contributed by atoms with Crippen LogP contribution in [0.2, 0.25) is 5.15 Å². The van der Waals surface area contributed by atoms with Gasteiger partial charge in [-0.1, -0.05) is 11.6 Å². The molecule has 6 heteroatoms. The van der Waals surface area contributed by atoms with E-state index in [1.54, 1.807) is 0 Å². The molecule has 0 N–H and O–H groups in total. The number of rotatable bonds is 3. The SMILES string of the molecule is Cc1nc(Cl)c(C=CC=O)cc1[N+](=O)[O-]. The van der Waals surface area contributed by atoms with Crippen LogP contribution in [0.4, 0.5) is 5.69 Å². The van der Waals surface area contributed by atoms with Crippen LogP contribution in [0.3, 0.4) is 0 Å². The number of pyridine rings is 1. The molecule has 0 aliphatic carbocycles. The number of carbonyl (C=O) groups excluding carboxylic acids is 1. The van der Waals surface area contributed by atoms with E-state index in [4.69, 9.17) is 11.6 Å². The minimum Gasteiger partial charge on any atom is -0.299 e. The summed E-state index contributed by atoms with van der Waals surface area (Å²) in [5, 5.41) is 10.7. The predicted molar refractivity (Wildman–Crippen MR) is 55.7 cm³/mol. The fourth-order valence-electron chi connectivity index (χ4n) is 1.02. The van der Waals surface area contributed by atoms with Gasteiger partial charge in [0.15, 0.2) is 0 Å². The van der Waals surface area contributed by atoms with E-state index in [0.29, 0.717) is 11.8 Å². The van der Waals surface area contributed by atoms with E-state index in [1.807, 2.05) is 0 Å². The lowest BCUT2D eigenvalue weighted by Crippen LogP contribution is -1.96. The number of nitrogens with zero attached hydrogens (tertiary/aromatic N) is 2. The molecule has 0 atom stereocenters. The summed E-state index contributed by atoms with van der Waals surface area (Å²) >= 11 is 5.74. The zero-order chi connectivity index (χ0) is 11.4. The van der Waals surface area contributed by atoms with Crippen LogP contribution in [-0.2, 0) is 4.79 Å². The minimum atomic E-state index is -0.545. The zero-order valence-corrected chi connectivity index (χ0v) is 8.56. The van der Waals surface area contributed by atoms with Gasteiger partial charge in [-0.25, -0.2) is 4.98 Å². The molecule has 1 rings (SSSR count). The normalized spacial score (nSPS) is 10.5. The van der Waals surface area contributed by atoms with Crippen molar-refractivity contribution in [3.05, 3.63) is 38.7 Å². The Kier molecular flexibility index (Phi) is 3.51. The average molecular weight is 227 g/mol. The van der Waals surface area contributed by atoms with Gasteiger partial charge in [0.25, 0.3) is 5.69 Å². The standard InChI is InChI=1S/C9H7ClN2O3/c1-6-8(12(14)15)5-7(3-2-4-13)9(10)11-6/h2-5H,1H3. The van der Waals surface area contributed by atoms with Crippen LogP contribution in [0.1, 0.15) is 11.3 Å². The van der Waals surface area contributed by atoms with Crippen LogP contribution in [0.15, 0.2) is 12.1 Å². The highest BCUT2D eigenvalue weighted by molar-refractivity contribution is 6.31. The van der Waals surface area contributed by atoms with Crippen molar-refractivity contribution >= 4 is 29.7 Å². The molecule has 0 radical (unpaired) electrons. The summed E-state index contributed by atoms with van der Waals surface area (Å²) < 4.78 is 0. The summed E-state index contributed by atoms with van der Waals surface area (Å²) in [6.07, 6.45) is 3.12. The van der Waals surface area contributed by atoms with Crippen molar-refractivity contribution in [2.45, 2.75) is 6.92 Å². The molecule has 0 aliphatic rings. The number of aldehydes is 1. The van der Waals surface area contributed by atoms with Gasteiger partial charge in [-0.3, -0.25) is 14.9 Å². The van der Waals surface area contributed by atoms with Gasteiger partial charge >= 0.3 is 0 Å². The first-order valence-electron chi connectivity index (χ1n) is 3.99. The quantitative estimate of drug-likeness (QED) is 0.260. The fraction of sp³-hybridized carbons (Fsp3) is 0.111. The lowest BCUT2D eigenvalue weighted by molar-refractivity contribution is -0.385. The Morgan fingerprint density at radius 3 is 2.80 bits per heavy atom. The van der Waals surface area contributed by atoms with Crippen molar-refractivity contribution in [3.63, 3.8) is 0 Å². The maximum absolute atomic E-state index is 10.6. The molecule has 5 nitrogen and oxygen atoms in total. The molecule has 1 aromatic rings. The number of allylic oxidation sites excluding steroid dienone is 1. The molecule has 0 aromatic carbocycles. The summed E-state index contributed by atoms with van der Waals surface area (Å²) in [4.78, 5) is 23.9. The molecule has 0 unspecified atom stereocenters. The van der Waals surface area contributed by atoms with Crippen molar-refractivity contribution in [1.82, 2.24) is 4.98 Å². The Balaban J connectivity index is 3.29. The van der Waals surface area contributed by atoms with Crippen LogP contribution in [-0.4, -0.2) is 16.2 Å². The highest BCUT2D eigenvalue weighted by atomic mass is 35.5. The Hall–Kier alpha value is -1.75. The molecule has 0 aliphatic heterocycles. The van der Waals surface area contributed by atoms with Crippen molar-refractivity contribution in [1.29, 1.82) is 0 Å². The first kappa shape index (κ1) is 11.3. The van der Waals surface area contributed by atoms with Crippen LogP contribution in [0.25, 0.3) is 6.08 Å². The predicted octanol–water partition coefficient (Wildman–Crippen LogP) is 2.16. The van der Waals surface area contributed by atoms with E-state index in [1.165, 1.54) is 25.1 Å². The largest absolute Gasteiger partial charge is 0.299 e. The highest BCUT2D eigenvalue weighted by Crippen LogP contribution is 2.23. The summed E-state index contributed by atoms with van der Waals surface area (Å²) in [6, 6.07) is 1.28. The zero-order valence-electron chi connectivity index (χ0n) is 7.81. The lowest BCUT2D eigenvalue weighted by Gasteiger charge is -2.00. The molecule has 0 saturated carbocycles. The Bertz CT molecular complexity index is 443. The van der Waals surface area contributed by atoms with Gasteiger partial charge in [0.2, 0.25) is 0 Å². The Morgan fingerprint density at radius 2 is 2.27 bits per heavy atom. The minimum absolute atomic E-state index is 0.120. The summed E-state index contributed by atoms with van der Waals surface area (Å²) in [5.74, 6) is 0. The second-order valence-electron chi connectivity index (χ2n) is 2.73. The molecule has 0 amide bonds. The second kappa shape index (κ2) is 4.65. The molecule has 15 heavy (non-hydrogen) atoms. The topological polar surface area (TPSA) is 73.1 Å². The second-order valence-corrected chi connectivity index (χ2v) is 3.08. The van der Waals surface area contributed by atoms with Crippen LogP contribution in [0.5, 0.6) is 0 Å². The van der Waals surface area contributed by atoms with Crippen molar-refractivity contribution < 1.29 is 9.72 Å². The maximum Gasteiger partial charge on any atom is 0.291 e. The number of carbonyl (C=O) groups is 1. The van der Waals surface area contributed by atoms with E-state index in [9.17, 15) is 14.9 Å². The molecule has 0 fully saturated rings. The summed E-state index contributed by atoms with van der Waals surface area (Å²) in [6.45, 7) is 1.50. The van der Waals surface area contributed by atoms with E-state index >= 15 is 0 Å². The van der Waals surface area contributed by atoms with Gasteiger partial charge < -0.3 is 0 Å². The molecular formula is C9H7ClN2O3. The number of aryl methyl sites for hydroxylation is 1. The molecular weight excluding hydrogens is 220 g/mol. The smallest absolute Gasteiger partial charge is 0.291 e. The van der Waals surface area contributed by atoms with Gasteiger partial charge in [0, 0.05) is 11.6 Å². The van der Waals surface area contributed by atoms with E-state index in [0.717, 1.165) is 0 Å². The van der Waals surface area contributed by atoms with Crippen LogP contribution in [0, 0.1) is 17.0 Å². The third-order valence-electron chi connectivity index (χ3n) is 1.72. The fourth-order valence-corrected chi connectivity index (χ4v) is 1.27. The summed E-state index contributed by atoms with van der Waals surface area (Å²) in [5.41, 5.74) is 0.472. The third kappa shape index (κ3) is 2.60. The van der Waals surface area contributed by atoms with E-state index < -0.39 is 4.92 Å². The molecule has 0 saturated heterocycles. The van der Waals surface area contributed by atoms with Crippen molar-refractivity contribution in [2.75, 3.05) is 0 Å². The number of hydrogen-bond acceptors (Lipinski definition) is 4. The number of nitro groups is 1. The first-order valence-corrected chi connectivity index (χ1v) is 4.37. The lowest BCUT2D eigenvalue weighted by atomic mass is 10.2. The van der Waals surface area contributed by atoms with Gasteiger partial charge in [0.05, 0.1) is 4.92 Å². The first-order chi connectivity index (χ1) is 7.06. The molecule has 1 aromatic heterocycles. The van der Waals surface area contributed by atoms with Gasteiger partial charge in [-0.05, 0) is 19.1 Å². The number of hydrogen-bond donors (Lipinski definition) is 0. The summed E-state index contributed by atoms with van der Waals surface area (Å²) in [7, 11) is 0. The molecule has 0 spiro atoms. The number of halogens is 1. The molecule has 1 heterocycles. The monoisotopic (exact) mass is 226 g/mol. The van der Waals surface area contributed by atoms with E-state index in [-0.39, 0.29) is 16.5 Å². The highest BCUT2D eigenvalue weighted by Gasteiger charge is 2.14. The number of aromatic nitrogens is 1. The maximum atomic E-state index is 10.6. The van der Waals surface area contributed by atoms with E-state index in [2.05, 4.69) is 4.98 Å². The molecule has 0 bridgehead atoms. The van der Waals surface area contributed by atoms with Gasteiger partial charge in [-0.15, -0.1) is 0 Å². The Labute approximate surface area is 90.5 Å². The molecule has 78 valence electrons. The Morgan fingerprint density at radius 1 is 1.60 bits per heavy atom. The van der Waals surface area contributed by atoms with Gasteiger partial charge in [0.1, 0.15) is 17.1 Å².